The molecule has 1 atom stereocenters. The van der Waals surface area contributed by atoms with Crippen LogP contribution in [-0.4, -0.2) is 17.6 Å². The van der Waals surface area contributed by atoms with Gasteiger partial charge in [0.2, 0.25) is 5.91 Å². The normalized spacial score (nSPS) is 15.0. The molecule has 6 nitrogen and oxygen atoms in total. The lowest BCUT2D eigenvalue weighted by atomic mass is 9.82. The average Bonchev–Trinajstić information content (AvgIpc) is 2.90. The maximum Gasteiger partial charge on any atom is 0.254 e. The van der Waals surface area contributed by atoms with Crippen LogP contribution < -0.4 is 16.0 Å². The number of nitrogens with zero attached hydrogens (tertiary/aromatic N) is 1. The van der Waals surface area contributed by atoms with E-state index in [4.69, 9.17) is 0 Å². The molecule has 0 saturated heterocycles. The molecule has 3 aromatic carbocycles. The highest BCUT2D eigenvalue weighted by atomic mass is 32.2. The van der Waals surface area contributed by atoms with Gasteiger partial charge in [-0.15, -0.1) is 0 Å². The summed E-state index contributed by atoms with van der Waals surface area (Å²) in [6.07, 6.45) is 0. The summed E-state index contributed by atoms with van der Waals surface area (Å²) in [5.74, 6) is -0.908. The van der Waals surface area contributed by atoms with Crippen molar-refractivity contribution in [2.24, 2.45) is 0 Å². The fourth-order valence-electron chi connectivity index (χ4n) is 4.25. The summed E-state index contributed by atoms with van der Waals surface area (Å²) in [6.45, 7) is 5.69. The van der Waals surface area contributed by atoms with Crippen molar-refractivity contribution in [3.63, 3.8) is 0 Å². The highest BCUT2D eigenvalue weighted by molar-refractivity contribution is 8.03. The van der Waals surface area contributed by atoms with Gasteiger partial charge in [0.1, 0.15) is 0 Å². The van der Waals surface area contributed by atoms with Gasteiger partial charge in [0.15, 0.2) is 0 Å². The number of hydrogen-bond donors (Lipinski definition) is 3. The number of carbonyl (C=O) groups is 2. The number of nitriles is 1. The van der Waals surface area contributed by atoms with Gasteiger partial charge in [-0.1, -0.05) is 78.5 Å². The summed E-state index contributed by atoms with van der Waals surface area (Å²) < 4.78 is 0. The Labute approximate surface area is 221 Å². The number of carbonyl (C=O) groups excluding carboxylic acids is 2. The Morgan fingerprint density at radius 2 is 1.43 bits per heavy atom. The Morgan fingerprint density at radius 3 is 2.03 bits per heavy atom. The first kappa shape index (κ1) is 25.8. The molecule has 0 saturated carbocycles. The van der Waals surface area contributed by atoms with Crippen molar-refractivity contribution in [1.82, 2.24) is 5.32 Å². The number of rotatable bonds is 7. The molecule has 1 heterocycles. The molecule has 37 heavy (non-hydrogen) atoms. The molecule has 7 heteroatoms. The third-order valence-electron chi connectivity index (χ3n) is 6.19. The molecule has 4 rings (SSSR count). The quantitative estimate of drug-likeness (QED) is 0.363. The molecule has 3 N–H and O–H groups in total. The summed E-state index contributed by atoms with van der Waals surface area (Å²) in [4.78, 5) is 26.3. The Balaban J connectivity index is 1.62. The fourth-order valence-corrected chi connectivity index (χ4v) is 5.14. The molecular formula is C30H28N4O2S. The highest BCUT2D eigenvalue weighted by Gasteiger charge is 2.35. The Bertz CT molecular complexity index is 1440. The number of nitrogens with one attached hydrogen (secondary N) is 3. The molecule has 1 aliphatic heterocycles. The molecular weight excluding hydrogens is 480 g/mol. The van der Waals surface area contributed by atoms with Crippen LogP contribution in [0, 0.1) is 25.2 Å². The maximum atomic E-state index is 13.6. The fraction of sp³-hybridized carbons (Fsp3) is 0.167. The molecule has 1 unspecified atom stereocenters. The van der Waals surface area contributed by atoms with E-state index >= 15 is 0 Å². The third-order valence-corrected chi connectivity index (χ3v) is 7.20. The van der Waals surface area contributed by atoms with Crippen molar-refractivity contribution in [3.05, 3.63) is 117 Å². The van der Waals surface area contributed by atoms with Crippen LogP contribution in [0.15, 0.2) is 101 Å². The second-order valence-electron chi connectivity index (χ2n) is 8.78. The van der Waals surface area contributed by atoms with Crippen LogP contribution in [0.5, 0.6) is 0 Å². The maximum absolute atomic E-state index is 13.6. The summed E-state index contributed by atoms with van der Waals surface area (Å²) in [5.41, 5.74) is 5.74. The van der Waals surface area contributed by atoms with Crippen molar-refractivity contribution in [2.75, 3.05) is 16.4 Å². The Morgan fingerprint density at radius 1 is 0.865 bits per heavy atom. The number of amides is 2. The van der Waals surface area contributed by atoms with E-state index in [9.17, 15) is 14.9 Å². The minimum Gasteiger partial charge on any atom is -0.353 e. The number of aryl methyl sites for hydroxylation is 2. The van der Waals surface area contributed by atoms with Crippen molar-refractivity contribution in [3.8, 4) is 6.07 Å². The molecule has 0 bridgehead atoms. The zero-order chi connectivity index (χ0) is 26.4. The lowest BCUT2D eigenvalue weighted by molar-refractivity contribution is -0.114. The zero-order valence-corrected chi connectivity index (χ0v) is 21.8. The highest BCUT2D eigenvalue weighted by Crippen LogP contribution is 2.41. The first-order chi connectivity index (χ1) is 17.9. The van der Waals surface area contributed by atoms with E-state index in [0.717, 1.165) is 28.1 Å². The monoisotopic (exact) mass is 508 g/mol. The van der Waals surface area contributed by atoms with Crippen LogP contribution in [-0.2, 0) is 9.59 Å². The standard InChI is InChI=1S/C30H28N4O2S/c1-19-11-7-9-15-24(19)33-26(35)18-37-30-23(17-31)28(22-13-5-4-6-14-22)27(21(3)32-30)29(36)34-25-16-10-8-12-20(25)2/h4-16,28,32H,18H2,1-3H3,(H,33,35)(H,34,36). The largest absolute Gasteiger partial charge is 0.353 e. The number of dihydropyridines is 1. The third kappa shape index (κ3) is 5.93. The summed E-state index contributed by atoms with van der Waals surface area (Å²) in [6, 6.07) is 27.0. The van der Waals surface area contributed by atoms with Gasteiger partial charge in [-0.3, -0.25) is 9.59 Å². The topological polar surface area (TPSA) is 94.0 Å². The van der Waals surface area contributed by atoms with Gasteiger partial charge in [-0.05, 0) is 49.6 Å². The molecule has 0 radical (unpaired) electrons. The lowest BCUT2D eigenvalue weighted by Gasteiger charge is -2.30. The number of para-hydroxylation sites is 2. The van der Waals surface area contributed by atoms with Crippen molar-refractivity contribution in [2.45, 2.75) is 26.7 Å². The minimum atomic E-state index is -0.571. The van der Waals surface area contributed by atoms with Crippen LogP contribution >= 0.6 is 11.8 Å². The second kappa shape index (κ2) is 11.6. The minimum absolute atomic E-state index is 0.112. The number of anilines is 2. The van der Waals surface area contributed by atoms with Gasteiger partial charge < -0.3 is 16.0 Å². The smallest absolute Gasteiger partial charge is 0.254 e. The van der Waals surface area contributed by atoms with E-state index in [0.29, 0.717) is 21.9 Å². The predicted molar refractivity (Wildman–Crippen MR) is 150 cm³/mol. The van der Waals surface area contributed by atoms with E-state index in [1.54, 1.807) is 0 Å². The Hall–Kier alpha value is -4.28. The lowest BCUT2D eigenvalue weighted by Crippen LogP contribution is -2.31. The molecule has 0 fully saturated rings. The SMILES string of the molecule is CC1=C(C(=O)Nc2ccccc2C)C(c2ccccc2)C(C#N)=C(SCC(=O)Nc2ccccc2C)N1. The molecule has 2 amide bonds. The van der Waals surface area contributed by atoms with Crippen molar-refractivity contribution >= 4 is 35.0 Å². The summed E-state index contributed by atoms with van der Waals surface area (Å²) >= 11 is 1.25. The molecule has 0 spiro atoms. The number of hydrogen-bond acceptors (Lipinski definition) is 5. The molecule has 0 aromatic heterocycles. The van der Waals surface area contributed by atoms with Gasteiger partial charge in [0, 0.05) is 22.6 Å². The van der Waals surface area contributed by atoms with Crippen LogP contribution in [0.1, 0.15) is 29.5 Å². The molecule has 0 aliphatic carbocycles. The van der Waals surface area contributed by atoms with E-state index in [1.165, 1.54) is 11.8 Å². The van der Waals surface area contributed by atoms with Gasteiger partial charge in [0.25, 0.3) is 5.91 Å². The van der Waals surface area contributed by atoms with Crippen LogP contribution in [0.2, 0.25) is 0 Å². The zero-order valence-electron chi connectivity index (χ0n) is 21.0. The van der Waals surface area contributed by atoms with Crippen molar-refractivity contribution < 1.29 is 9.59 Å². The number of allylic oxidation sites excluding steroid dienone is 2. The second-order valence-corrected chi connectivity index (χ2v) is 9.77. The van der Waals surface area contributed by atoms with E-state index in [2.05, 4.69) is 22.0 Å². The predicted octanol–water partition coefficient (Wildman–Crippen LogP) is 6.01. The first-order valence-corrected chi connectivity index (χ1v) is 12.9. The molecule has 3 aromatic rings. The van der Waals surface area contributed by atoms with Crippen LogP contribution in [0.25, 0.3) is 0 Å². The van der Waals surface area contributed by atoms with Crippen LogP contribution in [0.4, 0.5) is 11.4 Å². The van der Waals surface area contributed by atoms with Gasteiger partial charge >= 0.3 is 0 Å². The summed E-state index contributed by atoms with van der Waals surface area (Å²) in [7, 11) is 0. The molecule has 186 valence electrons. The molecule has 1 aliphatic rings. The van der Waals surface area contributed by atoms with E-state index in [1.807, 2.05) is 99.6 Å². The Kier molecular flexibility index (Phi) is 8.11. The van der Waals surface area contributed by atoms with Crippen molar-refractivity contribution in [1.29, 1.82) is 5.26 Å². The first-order valence-electron chi connectivity index (χ1n) is 11.9. The van der Waals surface area contributed by atoms with Gasteiger partial charge in [-0.2, -0.15) is 5.26 Å². The number of benzene rings is 3. The average molecular weight is 509 g/mol. The summed E-state index contributed by atoms with van der Waals surface area (Å²) in [5, 5.41) is 20.0. The van der Waals surface area contributed by atoms with E-state index in [-0.39, 0.29) is 17.6 Å². The van der Waals surface area contributed by atoms with Gasteiger partial charge in [0.05, 0.1) is 28.3 Å². The number of thioether (sulfide) groups is 1. The van der Waals surface area contributed by atoms with E-state index < -0.39 is 5.92 Å². The van der Waals surface area contributed by atoms with Crippen LogP contribution in [0.3, 0.4) is 0 Å². The van der Waals surface area contributed by atoms with Gasteiger partial charge in [-0.25, -0.2) is 0 Å².